The number of rotatable bonds is 3. The molecule has 1 fully saturated rings. The van der Waals surface area contributed by atoms with Gasteiger partial charge in [-0.25, -0.2) is 0 Å². The number of carbonyl (C=O) groups excluding carboxylic acids is 1. The summed E-state index contributed by atoms with van der Waals surface area (Å²) in [6.07, 6.45) is 2.15. The predicted molar refractivity (Wildman–Crippen MR) is 85.4 cm³/mol. The Hall–Kier alpha value is -1.10. The standard InChI is InChI=1S/C15H23N3O.ClH/c1-11-5-3-6-12(2)15(11)17-14(19)10-18-8-4-7-13(16)9-18;/h3,5-6,13H,4,7-10,16H2,1-2H3,(H,17,19);1H. The molecule has 0 aromatic heterocycles. The SMILES string of the molecule is Cc1cccc(C)c1NC(=O)CN1CCCC(N)C1.Cl. The van der Waals surface area contributed by atoms with E-state index in [1.807, 2.05) is 32.0 Å². The summed E-state index contributed by atoms with van der Waals surface area (Å²) in [6, 6.07) is 6.24. The fourth-order valence-electron chi connectivity index (χ4n) is 2.63. The fraction of sp³-hybridized carbons (Fsp3) is 0.533. The van der Waals surface area contributed by atoms with Crippen molar-refractivity contribution in [3.05, 3.63) is 29.3 Å². The summed E-state index contributed by atoms with van der Waals surface area (Å²) in [4.78, 5) is 14.2. The number of likely N-dealkylation sites (tertiary alicyclic amines) is 1. The number of nitrogens with zero attached hydrogens (tertiary/aromatic N) is 1. The number of nitrogens with two attached hydrogens (primary N) is 1. The van der Waals surface area contributed by atoms with Gasteiger partial charge in [0.2, 0.25) is 5.91 Å². The number of hydrogen-bond donors (Lipinski definition) is 2. The molecule has 0 radical (unpaired) electrons. The largest absolute Gasteiger partial charge is 0.327 e. The van der Waals surface area contributed by atoms with Crippen molar-refractivity contribution in [1.29, 1.82) is 0 Å². The molecular formula is C15H24ClN3O. The van der Waals surface area contributed by atoms with Crippen LogP contribution in [0.2, 0.25) is 0 Å². The number of anilines is 1. The third-order valence-corrected chi connectivity index (χ3v) is 3.65. The minimum atomic E-state index is 0. The molecule has 0 aliphatic carbocycles. The summed E-state index contributed by atoms with van der Waals surface area (Å²) in [5.41, 5.74) is 9.07. The summed E-state index contributed by atoms with van der Waals surface area (Å²) in [5.74, 6) is 0.0477. The third-order valence-electron chi connectivity index (χ3n) is 3.65. The lowest BCUT2D eigenvalue weighted by Gasteiger charge is -2.30. The average Bonchev–Trinajstić information content (AvgIpc) is 2.34. The van der Waals surface area contributed by atoms with Crippen molar-refractivity contribution in [3.63, 3.8) is 0 Å². The number of benzene rings is 1. The van der Waals surface area contributed by atoms with E-state index in [2.05, 4.69) is 10.2 Å². The molecule has 1 atom stereocenters. The van der Waals surface area contributed by atoms with Crippen LogP contribution >= 0.6 is 12.4 Å². The number of aryl methyl sites for hydroxylation is 2. The van der Waals surface area contributed by atoms with Crippen LogP contribution in [0.5, 0.6) is 0 Å². The van der Waals surface area contributed by atoms with Crippen molar-refractivity contribution in [2.24, 2.45) is 5.73 Å². The molecule has 0 spiro atoms. The van der Waals surface area contributed by atoms with Gasteiger partial charge in [0, 0.05) is 18.3 Å². The van der Waals surface area contributed by atoms with Gasteiger partial charge in [0.1, 0.15) is 0 Å². The first-order valence-corrected chi connectivity index (χ1v) is 6.90. The lowest BCUT2D eigenvalue weighted by Crippen LogP contribution is -2.45. The Kier molecular flexibility index (Phi) is 6.46. The summed E-state index contributed by atoms with van der Waals surface area (Å²) < 4.78 is 0. The van der Waals surface area contributed by atoms with Crippen LogP contribution in [0.25, 0.3) is 0 Å². The topological polar surface area (TPSA) is 58.4 Å². The minimum absolute atomic E-state index is 0. The van der Waals surface area contributed by atoms with Crippen molar-refractivity contribution >= 4 is 24.0 Å². The van der Waals surface area contributed by atoms with Crippen LogP contribution in [0, 0.1) is 13.8 Å². The number of hydrogen-bond acceptors (Lipinski definition) is 3. The molecule has 1 amide bonds. The molecular weight excluding hydrogens is 274 g/mol. The molecule has 1 aromatic rings. The van der Waals surface area contributed by atoms with Gasteiger partial charge in [0.25, 0.3) is 0 Å². The van der Waals surface area contributed by atoms with Gasteiger partial charge >= 0.3 is 0 Å². The van der Waals surface area contributed by atoms with Crippen LogP contribution in [0.15, 0.2) is 18.2 Å². The van der Waals surface area contributed by atoms with E-state index in [4.69, 9.17) is 5.73 Å². The summed E-state index contributed by atoms with van der Waals surface area (Å²) in [6.45, 7) is 6.24. The summed E-state index contributed by atoms with van der Waals surface area (Å²) >= 11 is 0. The Morgan fingerprint density at radius 2 is 2.05 bits per heavy atom. The third kappa shape index (κ3) is 4.47. The second-order valence-electron chi connectivity index (χ2n) is 5.45. The fourth-order valence-corrected chi connectivity index (χ4v) is 2.63. The highest BCUT2D eigenvalue weighted by molar-refractivity contribution is 5.93. The molecule has 3 N–H and O–H groups in total. The lowest BCUT2D eigenvalue weighted by molar-refractivity contribution is -0.117. The number of halogens is 1. The monoisotopic (exact) mass is 297 g/mol. The quantitative estimate of drug-likeness (QED) is 0.898. The molecule has 1 aliphatic heterocycles. The molecule has 1 aliphatic rings. The van der Waals surface area contributed by atoms with Crippen LogP contribution in [0.1, 0.15) is 24.0 Å². The van der Waals surface area contributed by atoms with Crippen LogP contribution < -0.4 is 11.1 Å². The maximum Gasteiger partial charge on any atom is 0.238 e. The van der Waals surface area contributed by atoms with Gasteiger partial charge < -0.3 is 11.1 Å². The molecule has 1 unspecified atom stereocenters. The van der Waals surface area contributed by atoms with Crippen molar-refractivity contribution in [2.75, 3.05) is 25.0 Å². The van der Waals surface area contributed by atoms with Crippen LogP contribution in [0.3, 0.4) is 0 Å². The Morgan fingerprint density at radius 1 is 1.40 bits per heavy atom. The Bertz CT molecular complexity index is 444. The van der Waals surface area contributed by atoms with E-state index in [0.29, 0.717) is 6.54 Å². The normalized spacial score (nSPS) is 19.2. The van der Waals surface area contributed by atoms with Crippen molar-refractivity contribution < 1.29 is 4.79 Å². The molecule has 20 heavy (non-hydrogen) atoms. The second-order valence-corrected chi connectivity index (χ2v) is 5.45. The predicted octanol–water partition coefficient (Wildman–Crippen LogP) is 2.09. The van der Waals surface area contributed by atoms with Gasteiger partial charge in [0.05, 0.1) is 6.54 Å². The van der Waals surface area contributed by atoms with E-state index >= 15 is 0 Å². The van der Waals surface area contributed by atoms with E-state index in [0.717, 1.165) is 42.7 Å². The number of nitrogens with one attached hydrogen (secondary N) is 1. The van der Waals surface area contributed by atoms with Crippen LogP contribution in [-0.4, -0.2) is 36.5 Å². The number of carbonyl (C=O) groups is 1. The van der Waals surface area contributed by atoms with Gasteiger partial charge in [-0.15, -0.1) is 12.4 Å². The van der Waals surface area contributed by atoms with E-state index in [-0.39, 0.29) is 24.4 Å². The van der Waals surface area contributed by atoms with Gasteiger partial charge in [-0.05, 0) is 44.4 Å². The molecule has 1 aromatic carbocycles. The van der Waals surface area contributed by atoms with Crippen molar-refractivity contribution in [3.8, 4) is 0 Å². The number of piperidine rings is 1. The van der Waals surface area contributed by atoms with E-state index < -0.39 is 0 Å². The first kappa shape index (κ1) is 17.0. The zero-order valence-electron chi connectivity index (χ0n) is 12.2. The number of amides is 1. The first-order valence-electron chi connectivity index (χ1n) is 6.90. The molecule has 0 saturated carbocycles. The molecule has 1 heterocycles. The van der Waals surface area contributed by atoms with Gasteiger partial charge in [-0.2, -0.15) is 0 Å². The zero-order chi connectivity index (χ0) is 13.8. The molecule has 1 saturated heterocycles. The average molecular weight is 298 g/mol. The molecule has 2 rings (SSSR count). The minimum Gasteiger partial charge on any atom is -0.327 e. The Morgan fingerprint density at radius 3 is 2.65 bits per heavy atom. The van der Waals surface area contributed by atoms with Gasteiger partial charge in [0.15, 0.2) is 0 Å². The van der Waals surface area contributed by atoms with E-state index in [1.54, 1.807) is 0 Å². The summed E-state index contributed by atoms with van der Waals surface area (Å²) in [7, 11) is 0. The molecule has 0 bridgehead atoms. The smallest absolute Gasteiger partial charge is 0.238 e. The second kappa shape index (κ2) is 7.62. The Labute approximate surface area is 127 Å². The van der Waals surface area contributed by atoms with E-state index in [9.17, 15) is 4.79 Å². The zero-order valence-corrected chi connectivity index (χ0v) is 13.0. The van der Waals surface area contributed by atoms with Crippen LogP contribution in [-0.2, 0) is 4.79 Å². The summed E-state index contributed by atoms with van der Waals surface area (Å²) in [5, 5.41) is 3.02. The maximum absolute atomic E-state index is 12.1. The number of para-hydroxylation sites is 1. The molecule has 5 heteroatoms. The van der Waals surface area contributed by atoms with Crippen LogP contribution in [0.4, 0.5) is 5.69 Å². The lowest BCUT2D eigenvalue weighted by atomic mass is 10.1. The van der Waals surface area contributed by atoms with Gasteiger partial charge in [-0.1, -0.05) is 18.2 Å². The molecule has 4 nitrogen and oxygen atoms in total. The highest BCUT2D eigenvalue weighted by Crippen LogP contribution is 2.19. The van der Waals surface area contributed by atoms with Crippen molar-refractivity contribution in [2.45, 2.75) is 32.7 Å². The molecule has 112 valence electrons. The maximum atomic E-state index is 12.1. The van der Waals surface area contributed by atoms with E-state index in [1.165, 1.54) is 0 Å². The Balaban J connectivity index is 0.00000200. The first-order chi connectivity index (χ1) is 9.06. The van der Waals surface area contributed by atoms with Gasteiger partial charge in [-0.3, -0.25) is 9.69 Å². The highest BCUT2D eigenvalue weighted by atomic mass is 35.5. The highest BCUT2D eigenvalue weighted by Gasteiger charge is 2.19. The van der Waals surface area contributed by atoms with Crippen molar-refractivity contribution in [1.82, 2.24) is 4.90 Å².